The number of amides is 1. The van der Waals surface area contributed by atoms with Crippen molar-refractivity contribution in [3.05, 3.63) is 35.4 Å². The second-order valence-corrected chi connectivity index (χ2v) is 8.11. The molecule has 1 amide bonds. The predicted molar refractivity (Wildman–Crippen MR) is 84.3 cm³/mol. The summed E-state index contributed by atoms with van der Waals surface area (Å²) in [4.78, 5) is 14.6. The minimum absolute atomic E-state index is 0.0167. The Hall–Kier alpha value is -1.20. The zero-order chi connectivity index (χ0) is 15.2. The van der Waals surface area contributed by atoms with Crippen LogP contribution < -0.4 is 5.32 Å². The molecule has 1 aliphatic heterocycles. The van der Waals surface area contributed by atoms with Gasteiger partial charge in [0.15, 0.2) is 0 Å². The molecule has 3 unspecified atom stereocenters. The van der Waals surface area contributed by atoms with Crippen LogP contribution in [0.15, 0.2) is 24.3 Å². The molecule has 1 aliphatic carbocycles. The fraction of sp³-hybridized carbons (Fsp3) is 0.562. The highest BCUT2D eigenvalue weighted by Gasteiger charge is 2.59. The van der Waals surface area contributed by atoms with E-state index >= 15 is 0 Å². The molecule has 0 bridgehead atoms. The first kappa shape index (κ1) is 14.7. The Morgan fingerprint density at radius 3 is 2.76 bits per heavy atom. The number of nitrogens with one attached hydrogen (secondary N) is 1. The fourth-order valence-electron chi connectivity index (χ4n) is 2.95. The van der Waals surface area contributed by atoms with E-state index in [4.69, 9.17) is 0 Å². The van der Waals surface area contributed by atoms with E-state index in [1.54, 1.807) is 6.26 Å². The molecular weight excluding hydrogens is 284 g/mol. The van der Waals surface area contributed by atoms with Crippen LogP contribution in [0, 0.1) is 6.92 Å². The number of hydrogen-bond donors (Lipinski definition) is 1. The van der Waals surface area contributed by atoms with Crippen LogP contribution >= 0.6 is 0 Å². The van der Waals surface area contributed by atoms with Crippen molar-refractivity contribution in [2.75, 3.05) is 12.8 Å². The Morgan fingerprint density at radius 2 is 2.19 bits per heavy atom. The molecular formula is C16H22N2O2S. The molecule has 5 heteroatoms. The average molecular weight is 306 g/mol. The van der Waals surface area contributed by atoms with Crippen LogP contribution in [-0.2, 0) is 15.6 Å². The van der Waals surface area contributed by atoms with Gasteiger partial charge in [0.25, 0.3) is 0 Å². The Morgan fingerprint density at radius 1 is 1.48 bits per heavy atom. The van der Waals surface area contributed by atoms with E-state index < -0.39 is 10.8 Å². The van der Waals surface area contributed by atoms with Crippen molar-refractivity contribution >= 4 is 16.7 Å². The van der Waals surface area contributed by atoms with Crippen LogP contribution in [0.5, 0.6) is 0 Å². The summed E-state index contributed by atoms with van der Waals surface area (Å²) in [5.41, 5.74) is 1.95. The summed E-state index contributed by atoms with van der Waals surface area (Å²) in [5, 5.41) is 3.49. The predicted octanol–water partition coefficient (Wildman–Crippen LogP) is 1.73. The normalized spacial score (nSPS) is 26.1. The van der Waals surface area contributed by atoms with E-state index in [1.165, 1.54) is 5.56 Å². The Labute approximate surface area is 128 Å². The summed E-state index contributed by atoms with van der Waals surface area (Å²) in [7, 11) is -0.923. The molecule has 1 saturated heterocycles. The molecule has 0 aromatic heterocycles. The number of rotatable bonds is 4. The van der Waals surface area contributed by atoms with Crippen LogP contribution in [0.1, 0.15) is 37.1 Å². The van der Waals surface area contributed by atoms with Crippen molar-refractivity contribution in [2.24, 2.45) is 0 Å². The molecule has 1 N–H and O–H groups in total. The Kier molecular flexibility index (Phi) is 3.66. The lowest BCUT2D eigenvalue weighted by molar-refractivity contribution is -0.130. The van der Waals surface area contributed by atoms with Crippen LogP contribution in [0.2, 0.25) is 0 Å². The highest BCUT2D eigenvalue weighted by atomic mass is 32.2. The molecule has 1 heterocycles. The van der Waals surface area contributed by atoms with E-state index in [2.05, 4.69) is 30.4 Å². The third-order valence-electron chi connectivity index (χ3n) is 4.52. The maximum absolute atomic E-state index is 12.7. The van der Waals surface area contributed by atoms with Gasteiger partial charge in [-0.05, 0) is 32.3 Å². The van der Waals surface area contributed by atoms with Gasteiger partial charge in [-0.15, -0.1) is 0 Å². The maximum Gasteiger partial charge on any atom is 0.244 e. The SMILES string of the molecule is Cc1cccc(C2NC3(CC3)C(=O)N2CC(C)S(C)=O)c1. The van der Waals surface area contributed by atoms with Crippen LogP contribution in [-0.4, -0.2) is 38.6 Å². The van der Waals surface area contributed by atoms with Gasteiger partial charge in [0.05, 0.1) is 0 Å². The van der Waals surface area contributed by atoms with Gasteiger partial charge in [-0.3, -0.25) is 14.3 Å². The van der Waals surface area contributed by atoms with Crippen molar-refractivity contribution in [1.29, 1.82) is 0 Å². The molecule has 2 aliphatic rings. The third-order valence-corrected chi connectivity index (χ3v) is 5.81. The lowest BCUT2D eigenvalue weighted by Crippen LogP contribution is -2.38. The second kappa shape index (κ2) is 5.21. The minimum atomic E-state index is -0.923. The first-order chi connectivity index (χ1) is 9.93. The quantitative estimate of drug-likeness (QED) is 0.921. The zero-order valence-corrected chi connectivity index (χ0v) is 13.6. The van der Waals surface area contributed by atoms with Crippen molar-refractivity contribution in [2.45, 2.75) is 43.6 Å². The summed E-state index contributed by atoms with van der Waals surface area (Å²) in [6.45, 7) is 4.53. The van der Waals surface area contributed by atoms with E-state index in [0.717, 1.165) is 18.4 Å². The van der Waals surface area contributed by atoms with E-state index in [1.807, 2.05) is 17.9 Å². The van der Waals surface area contributed by atoms with Crippen LogP contribution in [0.3, 0.4) is 0 Å². The first-order valence-electron chi connectivity index (χ1n) is 7.40. The smallest absolute Gasteiger partial charge is 0.244 e. The number of aryl methyl sites for hydroxylation is 1. The highest BCUT2D eigenvalue weighted by molar-refractivity contribution is 7.84. The van der Waals surface area contributed by atoms with Gasteiger partial charge in [-0.2, -0.15) is 0 Å². The van der Waals surface area contributed by atoms with E-state index in [9.17, 15) is 9.00 Å². The summed E-state index contributed by atoms with van der Waals surface area (Å²) in [6, 6.07) is 8.25. The van der Waals surface area contributed by atoms with Gasteiger partial charge < -0.3 is 4.90 Å². The number of nitrogens with zero attached hydrogens (tertiary/aromatic N) is 1. The molecule has 3 atom stereocenters. The summed E-state index contributed by atoms with van der Waals surface area (Å²) in [5.74, 6) is 0.173. The molecule has 1 aromatic rings. The Balaban J connectivity index is 1.89. The summed E-state index contributed by atoms with van der Waals surface area (Å²) >= 11 is 0. The monoisotopic (exact) mass is 306 g/mol. The van der Waals surface area contributed by atoms with Crippen molar-refractivity contribution in [3.8, 4) is 0 Å². The second-order valence-electron chi connectivity index (χ2n) is 6.31. The first-order valence-corrected chi connectivity index (χ1v) is 9.03. The third kappa shape index (κ3) is 2.64. The molecule has 1 aromatic carbocycles. The number of carbonyl (C=O) groups is 1. The number of hydrogen-bond acceptors (Lipinski definition) is 3. The molecule has 3 rings (SSSR count). The molecule has 1 spiro atoms. The molecule has 114 valence electrons. The van der Waals surface area contributed by atoms with Gasteiger partial charge in [0.2, 0.25) is 5.91 Å². The summed E-state index contributed by atoms with van der Waals surface area (Å²) < 4.78 is 11.7. The maximum atomic E-state index is 12.7. The van der Waals surface area contributed by atoms with Gasteiger partial charge >= 0.3 is 0 Å². The molecule has 21 heavy (non-hydrogen) atoms. The topological polar surface area (TPSA) is 49.4 Å². The van der Waals surface area contributed by atoms with Gasteiger partial charge in [0.1, 0.15) is 11.7 Å². The fourth-order valence-corrected chi connectivity index (χ4v) is 3.32. The molecule has 2 fully saturated rings. The van der Waals surface area contributed by atoms with Crippen molar-refractivity contribution in [3.63, 3.8) is 0 Å². The molecule has 1 saturated carbocycles. The van der Waals surface area contributed by atoms with Crippen LogP contribution in [0.25, 0.3) is 0 Å². The average Bonchev–Trinajstić information content (AvgIpc) is 3.17. The minimum Gasteiger partial charge on any atom is -0.320 e. The largest absolute Gasteiger partial charge is 0.320 e. The number of benzene rings is 1. The molecule has 0 radical (unpaired) electrons. The lowest BCUT2D eigenvalue weighted by atomic mass is 10.1. The zero-order valence-electron chi connectivity index (χ0n) is 12.8. The molecule has 4 nitrogen and oxygen atoms in total. The van der Waals surface area contributed by atoms with Crippen molar-refractivity contribution in [1.82, 2.24) is 10.2 Å². The standard InChI is InChI=1S/C16H22N2O2S/c1-11-5-4-6-13(9-11)14-17-16(7-8-16)15(19)18(14)10-12(2)21(3)20/h4-6,9,12,14,17H,7-8,10H2,1-3H3. The highest BCUT2D eigenvalue weighted by Crippen LogP contribution is 2.46. The van der Waals surface area contributed by atoms with E-state index in [-0.39, 0.29) is 22.9 Å². The van der Waals surface area contributed by atoms with Crippen molar-refractivity contribution < 1.29 is 9.00 Å². The Bertz CT molecular complexity index is 598. The van der Waals surface area contributed by atoms with E-state index in [0.29, 0.717) is 6.54 Å². The lowest BCUT2D eigenvalue weighted by Gasteiger charge is -2.27. The van der Waals surface area contributed by atoms with Gasteiger partial charge in [-0.25, -0.2) is 0 Å². The van der Waals surface area contributed by atoms with Gasteiger partial charge in [-0.1, -0.05) is 29.8 Å². The van der Waals surface area contributed by atoms with Gasteiger partial charge in [0, 0.05) is 28.9 Å². The van der Waals surface area contributed by atoms with Crippen LogP contribution in [0.4, 0.5) is 0 Å². The number of carbonyl (C=O) groups excluding carboxylic acids is 1. The summed E-state index contributed by atoms with van der Waals surface area (Å²) in [6.07, 6.45) is 3.43.